The fraction of sp³-hybridized carbons (Fsp3) is 0.833. The number of ether oxygens (including phenoxy) is 1. The number of rotatable bonds is 5. The summed E-state index contributed by atoms with van der Waals surface area (Å²) in [5.41, 5.74) is 4.39. The summed E-state index contributed by atoms with van der Waals surface area (Å²) in [4.78, 5) is 0. The molecule has 0 aromatic heterocycles. The lowest BCUT2D eigenvalue weighted by Gasteiger charge is -2.21. The Labute approximate surface area is 93.0 Å². The second-order valence-electron chi connectivity index (χ2n) is 4.23. The van der Waals surface area contributed by atoms with Crippen LogP contribution in [0.2, 0.25) is 0 Å². The first-order valence-electron chi connectivity index (χ1n) is 6.02. The summed E-state index contributed by atoms with van der Waals surface area (Å²) >= 11 is 0. The summed E-state index contributed by atoms with van der Waals surface area (Å²) in [5.74, 6) is 5.59. The minimum absolute atomic E-state index is 0.308. The van der Waals surface area contributed by atoms with Crippen molar-refractivity contribution in [2.45, 2.75) is 51.0 Å². The fourth-order valence-electron chi connectivity index (χ4n) is 2.14. The zero-order valence-corrected chi connectivity index (χ0v) is 9.80. The van der Waals surface area contributed by atoms with Gasteiger partial charge in [-0.1, -0.05) is 24.5 Å². The first-order valence-corrected chi connectivity index (χ1v) is 6.02. The molecular weight excluding hydrogens is 188 g/mol. The van der Waals surface area contributed by atoms with Gasteiger partial charge >= 0.3 is 0 Å². The van der Waals surface area contributed by atoms with E-state index < -0.39 is 0 Å². The van der Waals surface area contributed by atoms with Crippen molar-refractivity contribution in [3.8, 4) is 0 Å². The average Bonchev–Trinajstić information content (AvgIpc) is 2.21. The fourth-order valence-corrected chi connectivity index (χ4v) is 2.14. The molecule has 0 aliphatic heterocycles. The molecule has 0 fully saturated rings. The molecule has 15 heavy (non-hydrogen) atoms. The molecule has 1 aliphatic carbocycles. The van der Waals surface area contributed by atoms with E-state index in [9.17, 15) is 0 Å². The number of hydrogen-bond acceptors (Lipinski definition) is 3. The van der Waals surface area contributed by atoms with Gasteiger partial charge in [0.1, 0.15) is 0 Å². The largest absolute Gasteiger partial charge is 0.385 e. The Kier molecular flexibility index (Phi) is 6.64. The van der Waals surface area contributed by atoms with E-state index in [1.54, 1.807) is 7.11 Å². The monoisotopic (exact) mass is 212 g/mol. The molecule has 0 bridgehead atoms. The average molecular weight is 212 g/mol. The van der Waals surface area contributed by atoms with Crippen LogP contribution < -0.4 is 11.3 Å². The highest BCUT2D eigenvalue weighted by molar-refractivity contribution is 5.11. The van der Waals surface area contributed by atoms with Crippen LogP contribution in [0, 0.1) is 0 Å². The maximum atomic E-state index is 5.59. The second-order valence-corrected chi connectivity index (χ2v) is 4.23. The number of nitrogens with one attached hydrogen (secondary N) is 1. The first kappa shape index (κ1) is 12.7. The minimum atomic E-state index is 0.308. The van der Waals surface area contributed by atoms with Gasteiger partial charge in [0.15, 0.2) is 0 Å². The Morgan fingerprint density at radius 3 is 2.93 bits per heavy atom. The Bertz CT molecular complexity index is 192. The normalized spacial score (nSPS) is 20.3. The number of hydrazine groups is 1. The van der Waals surface area contributed by atoms with Gasteiger partial charge in [-0.2, -0.15) is 0 Å². The van der Waals surface area contributed by atoms with Gasteiger partial charge in [0.05, 0.1) is 0 Å². The van der Waals surface area contributed by atoms with E-state index in [4.69, 9.17) is 10.6 Å². The predicted molar refractivity (Wildman–Crippen MR) is 63.4 cm³/mol. The molecule has 3 heteroatoms. The summed E-state index contributed by atoms with van der Waals surface area (Å²) in [5, 5.41) is 0. The highest BCUT2D eigenvalue weighted by atomic mass is 16.5. The SMILES string of the molecule is COCCC(NN)C1=CCCCCCC1. The lowest BCUT2D eigenvalue weighted by molar-refractivity contribution is 0.186. The molecule has 0 saturated carbocycles. The third-order valence-corrected chi connectivity index (χ3v) is 3.09. The second kappa shape index (κ2) is 7.85. The number of nitrogens with two attached hydrogens (primary N) is 1. The van der Waals surface area contributed by atoms with Crippen molar-refractivity contribution in [1.29, 1.82) is 0 Å². The van der Waals surface area contributed by atoms with Crippen LogP contribution in [0.15, 0.2) is 11.6 Å². The zero-order chi connectivity index (χ0) is 10.9. The van der Waals surface area contributed by atoms with Gasteiger partial charge < -0.3 is 4.74 Å². The molecule has 1 rings (SSSR count). The molecule has 0 saturated heterocycles. The number of methoxy groups -OCH3 is 1. The van der Waals surface area contributed by atoms with Gasteiger partial charge in [-0.25, -0.2) is 0 Å². The van der Waals surface area contributed by atoms with E-state index in [-0.39, 0.29) is 0 Å². The van der Waals surface area contributed by atoms with Crippen LogP contribution in [-0.4, -0.2) is 19.8 Å². The van der Waals surface area contributed by atoms with E-state index in [1.807, 2.05) is 0 Å². The van der Waals surface area contributed by atoms with Crippen molar-refractivity contribution in [3.05, 3.63) is 11.6 Å². The Balaban J connectivity index is 2.47. The summed E-state index contributed by atoms with van der Waals surface area (Å²) < 4.78 is 5.10. The van der Waals surface area contributed by atoms with Crippen LogP contribution in [0.5, 0.6) is 0 Å². The van der Waals surface area contributed by atoms with E-state index in [2.05, 4.69) is 11.5 Å². The van der Waals surface area contributed by atoms with Gasteiger partial charge in [-0.3, -0.25) is 11.3 Å². The topological polar surface area (TPSA) is 47.3 Å². The van der Waals surface area contributed by atoms with Crippen molar-refractivity contribution in [3.63, 3.8) is 0 Å². The summed E-state index contributed by atoms with van der Waals surface area (Å²) in [7, 11) is 1.74. The molecule has 1 unspecified atom stereocenters. The summed E-state index contributed by atoms with van der Waals surface area (Å²) in [6.45, 7) is 0.770. The van der Waals surface area contributed by atoms with E-state index in [0.717, 1.165) is 13.0 Å². The maximum Gasteiger partial charge on any atom is 0.0480 e. The van der Waals surface area contributed by atoms with Gasteiger partial charge in [0.25, 0.3) is 0 Å². The standard InChI is InChI=1S/C12H24N2O/c1-15-10-9-12(14-13)11-7-5-3-2-4-6-8-11/h7,12,14H,2-6,8-10,13H2,1H3. The maximum absolute atomic E-state index is 5.59. The lowest BCUT2D eigenvalue weighted by Crippen LogP contribution is -2.37. The molecule has 3 nitrogen and oxygen atoms in total. The molecule has 3 N–H and O–H groups in total. The van der Waals surface area contributed by atoms with Gasteiger partial charge in [0.2, 0.25) is 0 Å². The molecule has 0 amide bonds. The Morgan fingerprint density at radius 2 is 2.20 bits per heavy atom. The highest BCUT2D eigenvalue weighted by Gasteiger charge is 2.12. The quantitative estimate of drug-likeness (QED) is 0.417. The molecule has 0 heterocycles. The minimum Gasteiger partial charge on any atom is -0.385 e. The molecule has 0 spiro atoms. The summed E-state index contributed by atoms with van der Waals surface area (Å²) in [6.07, 6.45) is 11.1. The predicted octanol–water partition coefficient (Wildman–Crippen LogP) is 2.14. The van der Waals surface area contributed by atoms with Crippen LogP contribution in [0.4, 0.5) is 0 Å². The highest BCUT2D eigenvalue weighted by Crippen LogP contribution is 2.20. The van der Waals surface area contributed by atoms with Crippen molar-refractivity contribution in [2.75, 3.05) is 13.7 Å². The molecule has 0 radical (unpaired) electrons. The molecule has 0 aromatic carbocycles. The van der Waals surface area contributed by atoms with Crippen LogP contribution in [0.1, 0.15) is 44.9 Å². The van der Waals surface area contributed by atoms with Crippen molar-refractivity contribution < 1.29 is 4.74 Å². The van der Waals surface area contributed by atoms with Gasteiger partial charge in [-0.05, 0) is 32.1 Å². The molecule has 0 aromatic rings. The first-order chi connectivity index (χ1) is 7.38. The Morgan fingerprint density at radius 1 is 1.40 bits per heavy atom. The van der Waals surface area contributed by atoms with Crippen LogP contribution in [0.3, 0.4) is 0 Å². The van der Waals surface area contributed by atoms with Gasteiger partial charge in [-0.15, -0.1) is 0 Å². The lowest BCUT2D eigenvalue weighted by atomic mass is 9.94. The van der Waals surface area contributed by atoms with Gasteiger partial charge in [0, 0.05) is 19.8 Å². The van der Waals surface area contributed by atoms with Crippen molar-refractivity contribution in [2.24, 2.45) is 5.84 Å². The van der Waals surface area contributed by atoms with E-state index in [1.165, 1.54) is 44.1 Å². The Hall–Kier alpha value is -0.380. The summed E-state index contributed by atoms with van der Waals surface area (Å²) in [6, 6.07) is 0.308. The van der Waals surface area contributed by atoms with E-state index >= 15 is 0 Å². The smallest absolute Gasteiger partial charge is 0.0480 e. The number of allylic oxidation sites excluding steroid dienone is 1. The third kappa shape index (κ3) is 4.78. The van der Waals surface area contributed by atoms with Crippen molar-refractivity contribution in [1.82, 2.24) is 5.43 Å². The molecule has 1 atom stereocenters. The number of hydrogen-bond donors (Lipinski definition) is 2. The van der Waals surface area contributed by atoms with Crippen LogP contribution in [0.25, 0.3) is 0 Å². The van der Waals surface area contributed by atoms with Crippen LogP contribution >= 0.6 is 0 Å². The molecule has 1 aliphatic rings. The van der Waals surface area contributed by atoms with Crippen molar-refractivity contribution >= 4 is 0 Å². The molecule has 88 valence electrons. The molecular formula is C12H24N2O. The van der Waals surface area contributed by atoms with Crippen LogP contribution in [-0.2, 0) is 4.74 Å². The van der Waals surface area contributed by atoms with E-state index in [0.29, 0.717) is 6.04 Å². The zero-order valence-electron chi connectivity index (χ0n) is 9.80. The third-order valence-electron chi connectivity index (χ3n) is 3.09.